The van der Waals surface area contributed by atoms with Crippen molar-refractivity contribution in [3.8, 4) is 0 Å². The molecule has 1 unspecified atom stereocenters. The molecule has 0 bridgehead atoms. The second kappa shape index (κ2) is 5.88. The molecule has 0 aliphatic heterocycles. The van der Waals surface area contributed by atoms with Crippen molar-refractivity contribution >= 4 is 17.2 Å². The number of carbonyl (C=O) groups excluding carboxylic acids is 1. The number of rotatable bonds is 5. The summed E-state index contributed by atoms with van der Waals surface area (Å²) in [5.74, 6) is 0.121. The summed E-state index contributed by atoms with van der Waals surface area (Å²) in [7, 11) is 1.82. The van der Waals surface area contributed by atoms with Crippen LogP contribution in [0.25, 0.3) is 0 Å². The fourth-order valence-corrected chi connectivity index (χ4v) is 1.93. The van der Waals surface area contributed by atoms with E-state index in [4.69, 9.17) is 5.73 Å². The summed E-state index contributed by atoms with van der Waals surface area (Å²) in [4.78, 5) is 13.4. The molecule has 0 saturated heterocycles. The van der Waals surface area contributed by atoms with Gasteiger partial charge in [0.25, 0.3) is 0 Å². The molecule has 2 N–H and O–H groups in total. The van der Waals surface area contributed by atoms with Gasteiger partial charge in [-0.05, 0) is 28.8 Å². The van der Waals surface area contributed by atoms with Crippen molar-refractivity contribution in [2.45, 2.75) is 32.4 Å². The second-order valence-electron chi connectivity index (χ2n) is 3.75. The summed E-state index contributed by atoms with van der Waals surface area (Å²) in [6, 6.07) is 2.02. The van der Waals surface area contributed by atoms with Crippen LogP contribution in [0.5, 0.6) is 0 Å². The van der Waals surface area contributed by atoms with Crippen molar-refractivity contribution in [1.29, 1.82) is 0 Å². The highest BCUT2D eigenvalue weighted by Crippen LogP contribution is 2.09. The van der Waals surface area contributed by atoms with Gasteiger partial charge >= 0.3 is 0 Å². The first kappa shape index (κ1) is 12.2. The van der Waals surface area contributed by atoms with E-state index in [9.17, 15) is 4.79 Å². The molecule has 84 valence electrons. The Balaban J connectivity index is 2.40. The van der Waals surface area contributed by atoms with E-state index in [1.54, 1.807) is 16.2 Å². The number of nitrogens with zero attached hydrogens (tertiary/aromatic N) is 1. The van der Waals surface area contributed by atoms with Gasteiger partial charge < -0.3 is 10.6 Å². The third-order valence-electron chi connectivity index (χ3n) is 2.39. The Labute approximate surface area is 94.9 Å². The second-order valence-corrected chi connectivity index (χ2v) is 4.53. The highest BCUT2D eigenvalue weighted by molar-refractivity contribution is 7.07. The van der Waals surface area contributed by atoms with E-state index in [1.807, 2.05) is 25.4 Å². The minimum absolute atomic E-state index is 0.0116. The standard InChI is InChI=1S/C11H18N2OS/c1-3-10(12)6-11(14)13(2)7-9-4-5-15-8-9/h4-5,8,10H,3,6-7,12H2,1-2H3. The first-order valence-corrected chi connectivity index (χ1v) is 6.08. The van der Waals surface area contributed by atoms with Gasteiger partial charge in [-0.25, -0.2) is 0 Å². The van der Waals surface area contributed by atoms with Crippen LogP contribution in [-0.2, 0) is 11.3 Å². The SMILES string of the molecule is CCC(N)CC(=O)N(C)Cc1ccsc1. The van der Waals surface area contributed by atoms with E-state index < -0.39 is 0 Å². The van der Waals surface area contributed by atoms with Crippen molar-refractivity contribution in [2.24, 2.45) is 5.73 Å². The van der Waals surface area contributed by atoms with Crippen molar-refractivity contribution in [3.05, 3.63) is 22.4 Å². The molecule has 0 radical (unpaired) electrons. The highest BCUT2D eigenvalue weighted by atomic mass is 32.1. The highest BCUT2D eigenvalue weighted by Gasteiger charge is 2.12. The molecule has 1 atom stereocenters. The number of hydrogen-bond donors (Lipinski definition) is 1. The molecule has 3 nitrogen and oxygen atoms in total. The van der Waals surface area contributed by atoms with Gasteiger partial charge in [-0.1, -0.05) is 6.92 Å². The minimum atomic E-state index is -0.0116. The Morgan fingerprint density at radius 1 is 1.67 bits per heavy atom. The first-order chi connectivity index (χ1) is 7.13. The lowest BCUT2D eigenvalue weighted by atomic mass is 10.1. The maximum Gasteiger partial charge on any atom is 0.224 e. The Hall–Kier alpha value is -0.870. The van der Waals surface area contributed by atoms with E-state index in [1.165, 1.54) is 5.56 Å². The summed E-state index contributed by atoms with van der Waals surface area (Å²) >= 11 is 1.65. The first-order valence-electron chi connectivity index (χ1n) is 5.14. The van der Waals surface area contributed by atoms with E-state index in [0.717, 1.165) is 6.42 Å². The van der Waals surface area contributed by atoms with Crippen LogP contribution in [0.2, 0.25) is 0 Å². The van der Waals surface area contributed by atoms with Gasteiger partial charge in [-0.2, -0.15) is 11.3 Å². The average molecular weight is 226 g/mol. The molecule has 0 aliphatic carbocycles. The van der Waals surface area contributed by atoms with Gasteiger partial charge in [-0.3, -0.25) is 4.79 Å². The molecular formula is C11H18N2OS. The van der Waals surface area contributed by atoms with E-state index in [-0.39, 0.29) is 11.9 Å². The number of thiophene rings is 1. The van der Waals surface area contributed by atoms with Crippen molar-refractivity contribution < 1.29 is 4.79 Å². The predicted octanol–water partition coefficient (Wildman–Crippen LogP) is 1.83. The van der Waals surface area contributed by atoms with Gasteiger partial charge in [-0.15, -0.1) is 0 Å². The Kier molecular flexibility index (Phi) is 4.78. The Morgan fingerprint density at radius 3 is 2.93 bits per heavy atom. The molecule has 1 aromatic heterocycles. The van der Waals surface area contributed by atoms with E-state index in [2.05, 4.69) is 5.38 Å². The maximum atomic E-state index is 11.7. The lowest BCUT2D eigenvalue weighted by Crippen LogP contribution is -2.32. The molecule has 1 amide bonds. The molecule has 1 aromatic rings. The van der Waals surface area contributed by atoms with Gasteiger partial charge in [0.1, 0.15) is 0 Å². The molecule has 1 heterocycles. The fourth-order valence-electron chi connectivity index (χ4n) is 1.27. The van der Waals surface area contributed by atoms with Crippen LogP contribution in [0.4, 0.5) is 0 Å². The summed E-state index contributed by atoms with van der Waals surface area (Å²) < 4.78 is 0. The number of amides is 1. The van der Waals surface area contributed by atoms with E-state index >= 15 is 0 Å². The summed E-state index contributed by atoms with van der Waals surface area (Å²) in [5.41, 5.74) is 6.92. The van der Waals surface area contributed by atoms with Crippen LogP contribution in [0.3, 0.4) is 0 Å². The molecule has 0 fully saturated rings. The topological polar surface area (TPSA) is 46.3 Å². The van der Waals surface area contributed by atoms with Gasteiger partial charge in [0.2, 0.25) is 5.91 Å². The van der Waals surface area contributed by atoms with Crippen LogP contribution < -0.4 is 5.73 Å². The van der Waals surface area contributed by atoms with Gasteiger partial charge in [0, 0.05) is 26.1 Å². The predicted molar refractivity (Wildman–Crippen MR) is 63.7 cm³/mol. The molecule has 1 rings (SSSR count). The van der Waals surface area contributed by atoms with E-state index in [0.29, 0.717) is 13.0 Å². The zero-order valence-corrected chi connectivity index (χ0v) is 10.1. The summed E-state index contributed by atoms with van der Waals surface area (Å²) in [5, 5.41) is 4.08. The molecule has 15 heavy (non-hydrogen) atoms. The van der Waals surface area contributed by atoms with Crippen LogP contribution >= 0.6 is 11.3 Å². The maximum absolute atomic E-state index is 11.7. The quantitative estimate of drug-likeness (QED) is 0.832. The zero-order chi connectivity index (χ0) is 11.3. The smallest absolute Gasteiger partial charge is 0.224 e. The lowest BCUT2D eigenvalue weighted by molar-refractivity contribution is -0.130. The largest absolute Gasteiger partial charge is 0.341 e. The van der Waals surface area contributed by atoms with Gasteiger partial charge in [0.05, 0.1) is 0 Å². The molecule has 0 saturated carbocycles. The normalized spacial score (nSPS) is 12.5. The van der Waals surface area contributed by atoms with Crippen LogP contribution in [-0.4, -0.2) is 23.9 Å². The zero-order valence-electron chi connectivity index (χ0n) is 9.27. The third-order valence-corrected chi connectivity index (χ3v) is 3.12. The number of hydrogen-bond acceptors (Lipinski definition) is 3. The third kappa shape index (κ3) is 4.01. The van der Waals surface area contributed by atoms with Crippen molar-refractivity contribution in [1.82, 2.24) is 4.90 Å². The average Bonchev–Trinajstić information content (AvgIpc) is 2.70. The molecule has 4 heteroatoms. The summed E-state index contributed by atoms with van der Waals surface area (Å²) in [6.45, 7) is 2.68. The minimum Gasteiger partial charge on any atom is -0.341 e. The van der Waals surface area contributed by atoms with Crippen LogP contribution in [0, 0.1) is 0 Å². The summed E-state index contributed by atoms with van der Waals surface area (Å²) in [6.07, 6.45) is 1.29. The van der Waals surface area contributed by atoms with Crippen molar-refractivity contribution in [2.75, 3.05) is 7.05 Å². The monoisotopic (exact) mass is 226 g/mol. The van der Waals surface area contributed by atoms with Crippen molar-refractivity contribution in [3.63, 3.8) is 0 Å². The molecule has 0 spiro atoms. The fraction of sp³-hybridized carbons (Fsp3) is 0.545. The molecule has 0 aliphatic rings. The Morgan fingerprint density at radius 2 is 2.40 bits per heavy atom. The van der Waals surface area contributed by atoms with Gasteiger partial charge in [0.15, 0.2) is 0 Å². The number of nitrogens with two attached hydrogens (primary N) is 1. The lowest BCUT2D eigenvalue weighted by Gasteiger charge is -2.18. The molecular weight excluding hydrogens is 208 g/mol. The number of carbonyl (C=O) groups is 1. The molecule has 0 aromatic carbocycles. The Bertz CT molecular complexity index is 298. The van der Waals surface area contributed by atoms with Crippen LogP contribution in [0.15, 0.2) is 16.8 Å². The van der Waals surface area contributed by atoms with Crippen LogP contribution in [0.1, 0.15) is 25.3 Å².